The van der Waals surface area contributed by atoms with Crippen molar-refractivity contribution < 1.29 is 8.42 Å². The van der Waals surface area contributed by atoms with E-state index in [0.717, 1.165) is 6.42 Å². The molecule has 0 unspecified atom stereocenters. The molecule has 0 spiro atoms. The van der Waals surface area contributed by atoms with Gasteiger partial charge in [0.15, 0.2) is 9.84 Å². The van der Waals surface area contributed by atoms with E-state index in [1.807, 2.05) is 18.2 Å². The largest absolute Gasteiger partial charge is 0.383 e. The van der Waals surface area contributed by atoms with Crippen molar-refractivity contribution in [2.24, 2.45) is 0 Å². The fraction of sp³-hybridized carbons (Fsp3) is 0.200. The van der Waals surface area contributed by atoms with Crippen molar-refractivity contribution in [3.63, 3.8) is 0 Å². The maximum absolute atomic E-state index is 11.5. The highest BCUT2D eigenvalue weighted by molar-refractivity contribution is 7.90. The number of anilines is 1. The average molecular weight is 310 g/mol. The Morgan fingerprint density at radius 2 is 1.80 bits per heavy atom. The van der Waals surface area contributed by atoms with Gasteiger partial charge in [-0.3, -0.25) is 0 Å². The van der Waals surface area contributed by atoms with Gasteiger partial charge < -0.3 is 5.32 Å². The minimum Gasteiger partial charge on any atom is -0.383 e. The molecule has 0 aromatic heterocycles. The van der Waals surface area contributed by atoms with Crippen molar-refractivity contribution in [1.29, 1.82) is 0 Å². The second-order valence-electron chi connectivity index (χ2n) is 4.58. The maximum Gasteiger partial charge on any atom is 0.175 e. The third-order valence-corrected chi connectivity index (χ3v) is 4.38. The minimum absolute atomic E-state index is 0.268. The van der Waals surface area contributed by atoms with Gasteiger partial charge in [-0.05, 0) is 30.2 Å². The van der Waals surface area contributed by atoms with Crippen LogP contribution in [0.4, 0.5) is 5.69 Å². The van der Waals surface area contributed by atoms with Crippen molar-refractivity contribution in [3.8, 4) is 0 Å². The fourth-order valence-corrected chi connectivity index (χ4v) is 2.69. The van der Waals surface area contributed by atoms with Crippen LogP contribution in [0.15, 0.2) is 53.4 Å². The molecule has 2 rings (SSSR count). The Bertz CT molecular complexity index is 684. The van der Waals surface area contributed by atoms with Gasteiger partial charge in [-0.2, -0.15) is 0 Å². The molecule has 0 aliphatic heterocycles. The molecule has 0 heterocycles. The molecule has 5 heteroatoms. The van der Waals surface area contributed by atoms with Gasteiger partial charge in [0, 0.05) is 12.8 Å². The molecule has 0 radical (unpaired) electrons. The zero-order valence-corrected chi connectivity index (χ0v) is 12.7. The van der Waals surface area contributed by atoms with Gasteiger partial charge in [-0.15, -0.1) is 0 Å². The lowest BCUT2D eigenvalue weighted by molar-refractivity contribution is 0.602. The Kier molecular flexibility index (Phi) is 4.68. The first kappa shape index (κ1) is 14.9. The summed E-state index contributed by atoms with van der Waals surface area (Å²) < 4.78 is 23.0. The van der Waals surface area contributed by atoms with Gasteiger partial charge >= 0.3 is 0 Å². The highest BCUT2D eigenvalue weighted by Crippen LogP contribution is 2.25. The Morgan fingerprint density at radius 3 is 2.45 bits per heavy atom. The van der Waals surface area contributed by atoms with Crippen molar-refractivity contribution >= 4 is 27.1 Å². The highest BCUT2D eigenvalue weighted by Gasteiger charge is 2.09. The molecule has 0 atom stereocenters. The SMILES string of the molecule is CS(=O)(=O)c1ccc(Cl)c(NCCc2ccccc2)c1. The monoisotopic (exact) mass is 309 g/mol. The summed E-state index contributed by atoms with van der Waals surface area (Å²) in [5.74, 6) is 0. The summed E-state index contributed by atoms with van der Waals surface area (Å²) in [6.07, 6.45) is 2.03. The van der Waals surface area contributed by atoms with E-state index in [1.54, 1.807) is 12.1 Å². The summed E-state index contributed by atoms with van der Waals surface area (Å²) in [4.78, 5) is 0.268. The minimum atomic E-state index is -3.22. The molecular formula is C15H16ClNO2S. The zero-order valence-electron chi connectivity index (χ0n) is 11.1. The van der Waals surface area contributed by atoms with Crippen LogP contribution >= 0.6 is 11.6 Å². The van der Waals surface area contributed by atoms with Crippen LogP contribution in [0.2, 0.25) is 5.02 Å². The van der Waals surface area contributed by atoms with Crippen LogP contribution in [0.25, 0.3) is 0 Å². The van der Waals surface area contributed by atoms with Crippen LogP contribution in [0.3, 0.4) is 0 Å². The van der Waals surface area contributed by atoms with Gasteiger partial charge in [0.25, 0.3) is 0 Å². The lowest BCUT2D eigenvalue weighted by Gasteiger charge is -2.10. The summed E-state index contributed by atoms with van der Waals surface area (Å²) in [7, 11) is -3.22. The molecule has 0 aliphatic rings. The molecule has 0 aliphatic carbocycles. The van der Waals surface area contributed by atoms with Gasteiger partial charge in [-0.1, -0.05) is 41.9 Å². The predicted octanol–water partition coefficient (Wildman–Crippen LogP) is 3.40. The number of sulfone groups is 1. The second-order valence-corrected chi connectivity index (χ2v) is 7.00. The van der Waals surface area contributed by atoms with Gasteiger partial charge in [-0.25, -0.2) is 8.42 Å². The molecule has 106 valence electrons. The van der Waals surface area contributed by atoms with E-state index in [-0.39, 0.29) is 4.90 Å². The van der Waals surface area contributed by atoms with E-state index in [1.165, 1.54) is 17.9 Å². The Hall–Kier alpha value is -1.52. The van der Waals surface area contributed by atoms with Crippen molar-refractivity contribution in [2.75, 3.05) is 18.1 Å². The summed E-state index contributed by atoms with van der Waals surface area (Å²) in [6, 6.07) is 14.8. The number of benzene rings is 2. The summed E-state index contributed by atoms with van der Waals surface area (Å²) >= 11 is 6.07. The second kappa shape index (κ2) is 6.29. The van der Waals surface area contributed by atoms with Crippen molar-refractivity contribution in [3.05, 3.63) is 59.1 Å². The first-order valence-corrected chi connectivity index (χ1v) is 8.51. The number of halogens is 1. The molecule has 0 saturated carbocycles. The van der Waals surface area contributed by atoms with Gasteiger partial charge in [0.1, 0.15) is 0 Å². The summed E-state index contributed by atoms with van der Waals surface area (Å²) in [5, 5.41) is 3.70. The van der Waals surface area contributed by atoms with E-state index in [2.05, 4.69) is 17.4 Å². The average Bonchev–Trinajstić information content (AvgIpc) is 2.41. The molecule has 0 saturated heterocycles. The summed E-state index contributed by atoms with van der Waals surface area (Å²) in [5.41, 5.74) is 1.86. The maximum atomic E-state index is 11.5. The first-order chi connectivity index (χ1) is 9.47. The van der Waals surface area contributed by atoms with Crippen LogP contribution in [-0.4, -0.2) is 21.2 Å². The third kappa shape index (κ3) is 3.99. The molecule has 2 aromatic carbocycles. The van der Waals surface area contributed by atoms with Gasteiger partial charge in [0.2, 0.25) is 0 Å². The molecule has 0 fully saturated rings. The molecule has 1 N–H and O–H groups in total. The van der Waals surface area contributed by atoms with Crippen molar-refractivity contribution in [1.82, 2.24) is 0 Å². The molecule has 2 aromatic rings. The highest BCUT2D eigenvalue weighted by atomic mass is 35.5. The Morgan fingerprint density at radius 1 is 1.10 bits per heavy atom. The van der Waals surface area contributed by atoms with Crippen LogP contribution in [0, 0.1) is 0 Å². The Labute approximate surface area is 124 Å². The number of hydrogen-bond acceptors (Lipinski definition) is 3. The van der Waals surface area contributed by atoms with Crippen LogP contribution < -0.4 is 5.32 Å². The van der Waals surface area contributed by atoms with E-state index in [4.69, 9.17) is 11.6 Å². The summed E-state index contributed by atoms with van der Waals surface area (Å²) in [6.45, 7) is 0.691. The lowest BCUT2D eigenvalue weighted by Crippen LogP contribution is -2.06. The molecular weight excluding hydrogens is 294 g/mol. The van der Waals surface area contributed by atoms with Crippen LogP contribution in [0.1, 0.15) is 5.56 Å². The fourth-order valence-electron chi connectivity index (χ4n) is 1.86. The Balaban J connectivity index is 2.06. The predicted molar refractivity (Wildman–Crippen MR) is 83.2 cm³/mol. The van der Waals surface area contributed by atoms with E-state index in [9.17, 15) is 8.42 Å². The number of hydrogen-bond donors (Lipinski definition) is 1. The molecule has 0 amide bonds. The topological polar surface area (TPSA) is 46.2 Å². The first-order valence-electron chi connectivity index (χ1n) is 6.24. The normalized spacial score (nSPS) is 11.3. The number of rotatable bonds is 5. The number of nitrogens with one attached hydrogen (secondary N) is 1. The molecule has 20 heavy (non-hydrogen) atoms. The lowest BCUT2D eigenvalue weighted by atomic mass is 10.1. The zero-order chi connectivity index (χ0) is 14.6. The smallest absolute Gasteiger partial charge is 0.175 e. The standard InChI is InChI=1S/C15H16ClNO2S/c1-20(18,19)13-7-8-14(16)15(11-13)17-10-9-12-5-3-2-4-6-12/h2-8,11,17H,9-10H2,1H3. The van der Waals surface area contributed by atoms with Crippen molar-refractivity contribution in [2.45, 2.75) is 11.3 Å². The molecule has 3 nitrogen and oxygen atoms in total. The van der Waals surface area contributed by atoms with Crippen LogP contribution in [0.5, 0.6) is 0 Å². The van der Waals surface area contributed by atoms with Crippen LogP contribution in [-0.2, 0) is 16.3 Å². The molecule has 0 bridgehead atoms. The van der Waals surface area contributed by atoms with Gasteiger partial charge in [0.05, 0.1) is 15.6 Å². The van der Waals surface area contributed by atoms with E-state index >= 15 is 0 Å². The third-order valence-electron chi connectivity index (χ3n) is 2.94. The van der Waals surface area contributed by atoms with E-state index in [0.29, 0.717) is 17.3 Å². The quantitative estimate of drug-likeness (QED) is 0.921. The van der Waals surface area contributed by atoms with E-state index < -0.39 is 9.84 Å².